The fraction of sp³-hybridized carbons (Fsp3) is 0.417. The second-order valence-corrected chi connectivity index (χ2v) is 4.69. The average molecular weight is 221 g/mol. The third-order valence-corrected chi connectivity index (χ3v) is 3.45. The third-order valence-electron chi connectivity index (χ3n) is 3.21. The van der Waals surface area contributed by atoms with E-state index in [2.05, 4.69) is 15.6 Å². The fourth-order valence-electron chi connectivity index (χ4n) is 2.39. The van der Waals surface area contributed by atoms with Crippen molar-refractivity contribution in [3.63, 3.8) is 0 Å². The Labute approximate surface area is 93.9 Å². The lowest BCUT2D eigenvalue weighted by molar-refractivity contribution is 0.703. The number of hydrogen-bond acceptors (Lipinski definition) is 1. The number of nitrogens with zero attached hydrogens (tertiary/aromatic N) is 2. The van der Waals surface area contributed by atoms with E-state index in [1.54, 1.807) is 0 Å². The Morgan fingerprint density at radius 2 is 2.13 bits per heavy atom. The predicted molar refractivity (Wildman–Crippen MR) is 61.4 cm³/mol. The molecule has 78 valence electrons. The summed E-state index contributed by atoms with van der Waals surface area (Å²) in [5, 5.41) is 0.756. The highest BCUT2D eigenvalue weighted by molar-refractivity contribution is 6.30. The maximum atomic E-state index is 5.93. The van der Waals surface area contributed by atoms with Crippen LogP contribution in [-0.4, -0.2) is 9.38 Å². The van der Waals surface area contributed by atoms with Crippen molar-refractivity contribution < 1.29 is 0 Å². The molecule has 0 aliphatic heterocycles. The van der Waals surface area contributed by atoms with E-state index in [4.69, 9.17) is 11.6 Å². The van der Waals surface area contributed by atoms with Gasteiger partial charge in [-0.1, -0.05) is 24.4 Å². The second kappa shape index (κ2) is 3.53. The Kier molecular flexibility index (Phi) is 2.17. The van der Waals surface area contributed by atoms with E-state index in [0.29, 0.717) is 5.92 Å². The van der Waals surface area contributed by atoms with Crippen molar-refractivity contribution in [2.45, 2.75) is 31.6 Å². The van der Waals surface area contributed by atoms with Gasteiger partial charge in [-0.2, -0.15) is 0 Å². The maximum Gasteiger partial charge on any atom is 0.138 e. The lowest BCUT2D eigenvalue weighted by Gasteiger charge is -2.02. The molecule has 0 spiro atoms. The monoisotopic (exact) mass is 220 g/mol. The molecule has 1 aliphatic carbocycles. The first kappa shape index (κ1) is 9.22. The Bertz CT molecular complexity index is 483. The summed E-state index contributed by atoms with van der Waals surface area (Å²) in [6.45, 7) is 0. The van der Waals surface area contributed by atoms with E-state index in [-0.39, 0.29) is 0 Å². The number of hydrogen-bond donors (Lipinski definition) is 0. The number of aromatic nitrogens is 2. The zero-order valence-electron chi connectivity index (χ0n) is 8.49. The molecule has 3 rings (SSSR count). The van der Waals surface area contributed by atoms with E-state index in [1.165, 1.54) is 31.4 Å². The Hall–Kier alpha value is -1.02. The largest absolute Gasteiger partial charge is 0.307 e. The fourth-order valence-corrected chi connectivity index (χ4v) is 2.55. The van der Waals surface area contributed by atoms with Crippen molar-refractivity contribution in [1.29, 1.82) is 0 Å². The summed E-state index contributed by atoms with van der Waals surface area (Å²) in [5.74, 6) is 0.670. The van der Waals surface area contributed by atoms with Crippen LogP contribution in [0, 0.1) is 0 Å². The number of rotatable bonds is 1. The summed E-state index contributed by atoms with van der Waals surface area (Å²) in [4.78, 5) is 4.63. The lowest BCUT2D eigenvalue weighted by atomic mass is 10.1. The summed E-state index contributed by atoms with van der Waals surface area (Å²) in [5.41, 5.74) is 2.19. The van der Waals surface area contributed by atoms with Gasteiger partial charge < -0.3 is 4.40 Å². The molecule has 0 aromatic carbocycles. The van der Waals surface area contributed by atoms with Crippen LogP contribution in [0.5, 0.6) is 0 Å². The molecule has 0 atom stereocenters. The van der Waals surface area contributed by atoms with Gasteiger partial charge in [-0.15, -0.1) is 0 Å². The van der Waals surface area contributed by atoms with Gasteiger partial charge in [-0.25, -0.2) is 4.98 Å². The van der Waals surface area contributed by atoms with Crippen LogP contribution in [-0.2, 0) is 0 Å². The zero-order valence-corrected chi connectivity index (χ0v) is 9.24. The van der Waals surface area contributed by atoms with E-state index in [1.807, 2.05) is 18.3 Å². The maximum absolute atomic E-state index is 5.93. The van der Waals surface area contributed by atoms with Gasteiger partial charge in [-0.05, 0) is 25.0 Å². The number of fused-ring (bicyclic) bond motifs is 1. The number of pyridine rings is 1. The molecule has 1 saturated carbocycles. The molecule has 0 unspecified atom stereocenters. The molecule has 2 aromatic rings. The summed E-state index contributed by atoms with van der Waals surface area (Å²) >= 11 is 5.93. The molecule has 3 heteroatoms. The quantitative estimate of drug-likeness (QED) is 0.717. The number of halogens is 1. The van der Waals surface area contributed by atoms with Crippen molar-refractivity contribution in [3.05, 3.63) is 35.2 Å². The smallest absolute Gasteiger partial charge is 0.138 e. The Balaban J connectivity index is 2.05. The van der Waals surface area contributed by atoms with Crippen molar-refractivity contribution in [1.82, 2.24) is 9.38 Å². The van der Waals surface area contributed by atoms with Gasteiger partial charge in [0.2, 0.25) is 0 Å². The van der Waals surface area contributed by atoms with Gasteiger partial charge in [0.05, 0.1) is 5.69 Å². The minimum atomic E-state index is 0.670. The predicted octanol–water partition coefficient (Wildman–Crippen LogP) is 3.65. The van der Waals surface area contributed by atoms with Crippen LogP contribution in [0.2, 0.25) is 5.02 Å². The van der Waals surface area contributed by atoms with Crippen molar-refractivity contribution in [3.8, 4) is 0 Å². The number of imidazole rings is 1. The van der Waals surface area contributed by atoms with Gasteiger partial charge in [0.1, 0.15) is 5.65 Å². The van der Waals surface area contributed by atoms with Crippen molar-refractivity contribution >= 4 is 17.2 Å². The first-order chi connectivity index (χ1) is 7.33. The second-order valence-electron chi connectivity index (χ2n) is 4.26. The molecule has 0 bridgehead atoms. The Morgan fingerprint density at radius 1 is 1.33 bits per heavy atom. The third kappa shape index (κ3) is 1.63. The average Bonchev–Trinajstić information content (AvgIpc) is 2.84. The highest BCUT2D eigenvalue weighted by atomic mass is 35.5. The molecule has 0 radical (unpaired) electrons. The van der Waals surface area contributed by atoms with Crippen LogP contribution < -0.4 is 0 Å². The van der Waals surface area contributed by atoms with Crippen molar-refractivity contribution in [2.24, 2.45) is 0 Å². The van der Waals surface area contributed by atoms with Crippen LogP contribution in [0.3, 0.4) is 0 Å². The van der Waals surface area contributed by atoms with Crippen LogP contribution in [0.25, 0.3) is 5.65 Å². The van der Waals surface area contributed by atoms with Gasteiger partial charge >= 0.3 is 0 Å². The van der Waals surface area contributed by atoms with E-state index >= 15 is 0 Å². The van der Waals surface area contributed by atoms with Gasteiger partial charge in [0, 0.05) is 23.3 Å². The highest BCUT2D eigenvalue weighted by Gasteiger charge is 2.19. The lowest BCUT2D eigenvalue weighted by Crippen LogP contribution is -1.90. The van der Waals surface area contributed by atoms with Crippen LogP contribution in [0.15, 0.2) is 24.5 Å². The molecule has 0 saturated heterocycles. The first-order valence-electron chi connectivity index (χ1n) is 5.47. The minimum absolute atomic E-state index is 0.670. The topological polar surface area (TPSA) is 17.3 Å². The molecule has 0 N–H and O–H groups in total. The molecule has 2 aromatic heterocycles. The molecule has 2 heterocycles. The van der Waals surface area contributed by atoms with E-state index in [0.717, 1.165) is 10.7 Å². The van der Waals surface area contributed by atoms with Gasteiger partial charge in [-0.3, -0.25) is 0 Å². The molecular weight excluding hydrogens is 208 g/mol. The molecule has 15 heavy (non-hydrogen) atoms. The SMILES string of the molecule is Clc1ccn2cc(C3CCCC3)nc2c1. The van der Waals surface area contributed by atoms with Crippen LogP contribution in [0.4, 0.5) is 0 Å². The van der Waals surface area contributed by atoms with Gasteiger partial charge in [0.15, 0.2) is 0 Å². The standard InChI is InChI=1S/C12H13ClN2/c13-10-5-6-15-8-11(14-12(15)7-10)9-3-1-2-4-9/h5-9H,1-4H2. The normalized spacial score (nSPS) is 17.7. The summed E-state index contributed by atoms with van der Waals surface area (Å²) in [6.07, 6.45) is 9.39. The van der Waals surface area contributed by atoms with Crippen LogP contribution in [0.1, 0.15) is 37.3 Å². The zero-order chi connectivity index (χ0) is 10.3. The summed E-state index contributed by atoms with van der Waals surface area (Å²) in [7, 11) is 0. The Morgan fingerprint density at radius 3 is 2.93 bits per heavy atom. The van der Waals surface area contributed by atoms with E-state index in [9.17, 15) is 0 Å². The van der Waals surface area contributed by atoms with Gasteiger partial charge in [0.25, 0.3) is 0 Å². The molecular formula is C12H13ClN2. The molecule has 2 nitrogen and oxygen atoms in total. The summed E-state index contributed by atoms with van der Waals surface area (Å²) < 4.78 is 2.06. The first-order valence-corrected chi connectivity index (χ1v) is 5.85. The van der Waals surface area contributed by atoms with E-state index < -0.39 is 0 Å². The molecule has 1 aliphatic rings. The molecule has 1 fully saturated rings. The van der Waals surface area contributed by atoms with Crippen LogP contribution >= 0.6 is 11.6 Å². The molecule has 0 amide bonds. The van der Waals surface area contributed by atoms with Crippen molar-refractivity contribution in [2.75, 3.05) is 0 Å². The minimum Gasteiger partial charge on any atom is -0.307 e. The highest BCUT2D eigenvalue weighted by Crippen LogP contribution is 2.33. The summed E-state index contributed by atoms with van der Waals surface area (Å²) in [6, 6.07) is 3.81.